The van der Waals surface area contributed by atoms with Crippen LogP contribution in [0.25, 0.3) is 0 Å². The molecule has 19 heavy (non-hydrogen) atoms. The van der Waals surface area contributed by atoms with Crippen LogP contribution in [0.3, 0.4) is 0 Å². The van der Waals surface area contributed by atoms with E-state index in [9.17, 15) is 4.79 Å². The van der Waals surface area contributed by atoms with E-state index in [-0.39, 0.29) is 5.91 Å². The maximum absolute atomic E-state index is 12.7. The summed E-state index contributed by atoms with van der Waals surface area (Å²) in [7, 11) is 0. The average Bonchev–Trinajstić information content (AvgIpc) is 2.84. The van der Waals surface area contributed by atoms with Gasteiger partial charge < -0.3 is 10.6 Å². The zero-order valence-electron chi connectivity index (χ0n) is 10.9. The lowest BCUT2D eigenvalue weighted by molar-refractivity contribution is 0.0690. The minimum absolute atomic E-state index is 0.0479. The number of nitrogens with zero attached hydrogens (tertiary/aromatic N) is 1. The molecule has 1 aromatic carbocycles. The van der Waals surface area contributed by atoms with Crippen LogP contribution >= 0.6 is 11.6 Å². The second kappa shape index (κ2) is 5.04. The molecule has 1 heterocycles. The Balaban J connectivity index is 1.85. The summed E-state index contributed by atoms with van der Waals surface area (Å²) in [6.45, 7) is 0.860. The molecule has 1 amide bonds. The van der Waals surface area contributed by atoms with Crippen LogP contribution in [0.5, 0.6) is 0 Å². The Morgan fingerprint density at radius 3 is 2.89 bits per heavy atom. The molecule has 0 radical (unpaired) electrons. The molecule has 1 saturated heterocycles. The second-order valence-corrected chi connectivity index (χ2v) is 6.05. The summed E-state index contributed by atoms with van der Waals surface area (Å²) in [5.41, 5.74) is 6.91. The zero-order chi connectivity index (χ0) is 13.4. The summed E-state index contributed by atoms with van der Waals surface area (Å²) >= 11 is 6.14. The molecule has 0 spiro atoms. The van der Waals surface area contributed by atoms with Crippen molar-refractivity contribution in [3.8, 4) is 0 Å². The Morgan fingerprint density at radius 2 is 2.05 bits per heavy atom. The van der Waals surface area contributed by atoms with E-state index in [0.717, 1.165) is 19.4 Å². The second-order valence-electron chi connectivity index (χ2n) is 5.64. The fraction of sp³-hybridized carbons (Fsp3) is 0.533. The van der Waals surface area contributed by atoms with Crippen molar-refractivity contribution in [1.82, 2.24) is 4.90 Å². The van der Waals surface area contributed by atoms with Gasteiger partial charge >= 0.3 is 0 Å². The number of fused-ring (bicyclic) bond motifs is 1. The van der Waals surface area contributed by atoms with Crippen LogP contribution in [0.15, 0.2) is 18.2 Å². The van der Waals surface area contributed by atoms with Crippen LogP contribution in [-0.4, -0.2) is 23.4 Å². The maximum Gasteiger partial charge on any atom is 0.255 e. The Morgan fingerprint density at radius 1 is 1.26 bits per heavy atom. The lowest BCUT2D eigenvalue weighted by Crippen LogP contribution is -2.39. The number of anilines is 1. The quantitative estimate of drug-likeness (QED) is 0.801. The molecule has 4 heteroatoms. The summed E-state index contributed by atoms with van der Waals surface area (Å²) in [5, 5.41) is 0.499. The number of amides is 1. The molecule has 2 atom stereocenters. The van der Waals surface area contributed by atoms with Crippen LogP contribution in [0.1, 0.15) is 42.5 Å². The predicted molar refractivity (Wildman–Crippen MR) is 77.3 cm³/mol. The van der Waals surface area contributed by atoms with E-state index in [1.54, 1.807) is 18.2 Å². The first-order valence-corrected chi connectivity index (χ1v) is 7.40. The lowest BCUT2D eigenvalue weighted by atomic mass is 9.85. The number of hydrogen-bond acceptors (Lipinski definition) is 2. The van der Waals surface area contributed by atoms with Gasteiger partial charge in [0.15, 0.2) is 0 Å². The fourth-order valence-electron chi connectivity index (χ4n) is 3.52. The topological polar surface area (TPSA) is 46.3 Å². The van der Waals surface area contributed by atoms with E-state index < -0.39 is 0 Å². The summed E-state index contributed by atoms with van der Waals surface area (Å²) in [6, 6.07) is 5.55. The Hall–Kier alpha value is -1.22. The van der Waals surface area contributed by atoms with Crippen molar-refractivity contribution >= 4 is 23.2 Å². The first-order chi connectivity index (χ1) is 9.16. The van der Waals surface area contributed by atoms with Crippen LogP contribution in [-0.2, 0) is 0 Å². The summed E-state index contributed by atoms with van der Waals surface area (Å²) in [4.78, 5) is 14.7. The summed E-state index contributed by atoms with van der Waals surface area (Å²) < 4.78 is 0. The zero-order valence-corrected chi connectivity index (χ0v) is 11.7. The highest BCUT2D eigenvalue weighted by molar-refractivity contribution is 6.34. The predicted octanol–water partition coefficient (Wildman–Crippen LogP) is 3.33. The van der Waals surface area contributed by atoms with Crippen molar-refractivity contribution in [2.24, 2.45) is 5.92 Å². The van der Waals surface area contributed by atoms with Crippen molar-refractivity contribution in [2.45, 2.75) is 38.1 Å². The highest BCUT2D eigenvalue weighted by Gasteiger charge is 2.38. The van der Waals surface area contributed by atoms with Crippen molar-refractivity contribution in [3.63, 3.8) is 0 Å². The average molecular weight is 279 g/mol. The molecule has 3 rings (SSSR count). The van der Waals surface area contributed by atoms with Gasteiger partial charge in [0.05, 0.1) is 10.6 Å². The van der Waals surface area contributed by atoms with Crippen molar-refractivity contribution < 1.29 is 4.79 Å². The first kappa shape index (κ1) is 12.8. The third-order valence-corrected chi connectivity index (χ3v) is 4.82. The van der Waals surface area contributed by atoms with Crippen LogP contribution in [0.2, 0.25) is 5.02 Å². The molecule has 102 valence electrons. The van der Waals surface area contributed by atoms with Crippen LogP contribution in [0.4, 0.5) is 5.69 Å². The van der Waals surface area contributed by atoms with E-state index in [0.29, 0.717) is 28.2 Å². The highest BCUT2D eigenvalue weighted by atomic mass is 35.5. The number of hydrogen-bond donors (Lipinski definition) is 1. The Bertz CT molecular complexity index is 503. The van der Waals surface area contributed by atoms with Gasteiger partial charge in [0.25, 0.3) is 5.91 Å². The monoisotopic (exact) mass is 278 g/mol. The van der Waals surface area contributed by atoms with Crippen molar-refractivity contribution in [3.05, 3.63) is 28.8 Å². The molecule has 2 N–H and O–H groups in total. The van der Waals surface area contributed by atoms with E-state index in [1.165, 1.54) is 19.3 Å². The standard InChI is InChI=1S/C15H19ClN2O/c16-13-6-5-11(17)9-12(13)15(19)18-8-7-10-3-1-2-4-14(10)18/h5-6,9-10,14H,1-4,7-8,17H2. The Labute approximate surface area is 118 Å². The largest absolute Gasteiger partial charge is 0.399 e. The SMILES string of the molecule is Nc1ccc(Cl)c(C(=O)N2CCC3CCCCC32)c1. The van der Waals surface area contributed by atoms with E-state index in [2.05, 4.69) is 0 Å². The highest BCUT2D eigenvalue weighted by Crippen LogP contribution is 2.37. The molecule has 0 aromatic heterocycles. The van der Waals surface area contributed by atoms with Crippen LogP contribution in [0, 0.1) is 5.92 Å². The number of halogens is 1. The van der Waals surface area contributed by atoms with Gasteiger partial charge in [-0.2, -0.15) is 0 Å². The van der Waals surface area contributed by atoms with Gasteiger partial charge in [-0.3, -0.25) is 4.79 Å². The van der Waals surface area contributed by atoms with E-state index in [4.69, 9.17) is 17.3 Å². The molecule has 1 aliphatic heterocycles. The molecule has 1 aliphatic carbocycles. The lowest BCUT2D eigenvalue weighted by Gasteiger charge is -2.31. The van der Waals surface area contributed by atoms with Crippen molar-refractivity contribution in [2.75, 3.05) is 12.3 Å². The van der Waals surface area contributed by atoms with Gasteiger partial charge in [0.1, 0.15) is 0 Å². The summed E-state index contributed by atoms with van der Waals surface area (Å²) in [6.07, 6.45) is 6.07. The number of benzene rings is 1. The van der Waals surface area contributed by atoms with Gasteiger partial charge in [-0.15, -0.1) is 0 Å². The molecule has 2 aliphatic rings. The number of carbonyl (C=O) groups excluding carboxylic acids is 1. The molecule has 3 nitrogen and oxygen atoms in total. The van der Waals surface area contributed by atoms with Crippen molar-refractivity contribution in [1.29, 1.82) is 0 Å². The van der Waals surface area contributed by atoms with E-state index >= 15 is 0 Å². The summed E-state index contributed by atoms with van der Waals surface area (Å²) in [5.74, 6) is 0.740. The third kappa shape index (κ3) is 2.32. The molecule has 1 aromatic rings. The molecular formula is C15H19ClN2O. The number of carbonyl (C=O) groups is 1. The van der Waals surface area contributed by atoms with Gasteiger partial charge in [0.2, 0.25) is 0 Å². The number of rotatable bonds is 1. The van der Waals surface area contributed by atoms with E-state index in [1.807, 2.05) is 4.90 Å². The molecule has 0 bridgehead atoms. The minimum Gasteiger partial charge on any atom is -0.399 e. The molecular weight excluding hydrogens is 260 g/mol. The molecule has 1 saturated carbocycles. The van der Waals surface area contributed by atoms with Gasteiger partial charge in [-0.05, 0) is 43.4 Å². The smallest absolute Gasteiger partial charge is 0.255 e. The maximum atomic E-state index is 12.7. The van der Waals surface area contributed by atoms with Gasteiger partial charge in [-0.25, -0.2) is 0 Å². The minimum atomic E-state index is 0.0479. The van der Waals surface area contributed by atoms with Crippen LogP contribution < -0.4 is 5.73 Å². The first-order valence-electron chi connectivity index (χ1n) is 7.03. The normalized spacial score (nSPS) is 26.3. The third-order valence-electron chi connectivity index (χ3n) is 4.49. The number of nitrogens with two attached hydrogens (primary N) is 1. The molecule has 2 unspecified atom stereocenters. The number of nitrogen functional groups attached to an aromatic ring is 1. The van der Waals surface area contributed by atoms with Gasteiger partial charge in [0, 0.05) is 18.3 Å². The van der Waals surface area contributed by atoms with Gasteiger partial charge in [-0.1, -0.05) is 24.4 Å². The Kier molecular flexibility index (Phi) is 3.40. The fourth-order valence-corrected chi connectivity index (χ4v) is 3.72. The molecule has 2 fully saturated rings. The number of likely N-dealkylation sites (tertiary alicyclic amines) is 1.